The van der Waals surface area contributed by atoms with Gasteiger partial charge in [-0.2, -0.15) is 5.10 Å². The molecule has 0 radical (unpaired) electrons. The molecule has 3 rings (SSSR count). The largest absolute Gasteiger partial charge is 0.467 e. The maximum Gasteiger partial charge on any atom is 0.191 e. The minimum Gasteiger partial charge on any atom is -0.467 e. The van der Waals surface area contributed by atoms with E-state index in [1.165, 1.54) is 6.33 Å². The van der Waals surface area contributed by atoms with Gasteiger partial charge in [-0.25, -0.2) is 4.98 Å². The van der Waals surface area contributed by atoms with E-state index in [9.17, 15) is 0 Å². The minimum atomic E-state index is 0.501. The first-order valence-corrected chi connectivity index (χ1v) is 8.84. The van der Waals surface area contributed by atoms with Crippen LogP contribution in [0.3, 0.4) is 0 Å². The fraction of sp³-hybridized carbons (Fsp3) is 0.316. The van der Waals surface area contributed by atoms with Gasteiger partial charge in [-0.15, -0.1) is 0 Å². The third-order valence-electron chi connectivity index (χ3n) is 3.88. The molecule has 0 fully saturated rings. The molecule has 0 aliphatic heterocycles. The number of benzene rings is 1. The second kappa shape index (κ2) is 10.1. The molecule has 0 bridgehead atoms. The van der Waals surface area contributed by atoms with Gasteiger partial charge in [0, 0.05) is 32.3 Å². The van der Waals surface area contributed by atoms with E-state index in [2.05, 4.69) is 42.9 Å². The number of rotatable bonds is 9. The van der Waals surface area contributed by atoms with Gasteiger partial charge in [0.2, 0.25) is 0 Å². The zero-order chi connectivity index (χ0) is 18.7. The monoisotopic (exact) mass is 368 g/mol. The van der Waals surface area contributed by atoms with Crippen molar-refractivity contribution in [2.75, 3.05) is 20.2 Å². The average molecular weight is 368 g/mol. The lowest BCUT2D eigenvalue weighted by atomic mass is 10.1. The molecule has 0 spiro atoms. The Kier molecular flexibility index (Phi) is 7.00. The number of furan rings is 1. The summed E-state index contributed by atoms with van der Waals surface area (Å²) >= 11 is 0. The van der Waals surface area contributed by atoms with E-state index in [0.717, 1.165) is 41.6 Å². The molecular formula is C19H24N6O2. The number of H-pyrrole nitrogens is 1. The van der Waals surface area contributed by atoms with Crippen LogP contribution >= 0.6 is 0 Å². The number of aliphatic imine (C=N–C) groups is 1. The third-order valence-corrected chi connectivity index (χ3v) is 3.88. The predicted octanol–water partition coefficient (Wildman–Crippen LogP) is 2.34. The van der Waals surface area contributed by atoms with Crippen LogP contribution in [0.15, 0.2) is 58.4 Å². The molecule has 8 heteroatoms. The highest BCUT2D eigenvalue weighted by Crippen LogP contribution is 2.15. The Morgan fingerprint density at radius 2 is 2.22 bits per heavy atom. The summed E-state index contributed by atoms with van der Waals surface area (Å²) in [5.41, 5.74) is 2.14. The smallest absolute Gasteiger partial charge is 0.191 e. The van der Waals surface area contributed by atoms with E-state index in [0.29, 0.717) is 19.8 Å². The molecule has 3 aromatic rings. The van der Waals surface area contributed by atoms with E-state index in [1.807, 2.05) is 24.3 Å². The van der Waals surface area contributed by atoms with Crippen molar-refractivity contribution >= 4 is 5.96 Å². The number of ether oxygens (including phenoxy) is 1. The molecule has 0 unspecified atom stereocenters. The van der Waals surface area contributed by atoms with Gasteiger partial charge in [0.05, 0.1) is 6.26 Å². The van der Waals surface area contributed by atoms with Crippen LogP contribution in [-0.2, 0) is 17.9 Å². The lowest BCUT2D eigenvalue weighted by molar-refractivity contribution is 0.105. The zero-order valence-electron chi connectivity index (χ0n) is 15.3. The van der Waals surface area contributed by atoms with Crippen molar-refractivity contribution in [3.8, 4) is 11.4 Å². The first-order chi connectivity index (χ1) is 13.3. The Balaban J connectivity index is 1.36. The van der Waals surface area contributed by atoms with Crippen molar-refractivity contribution in [1.82, 2.24) is 25.8 Å². The zero-order valence-corrected chi connectivity index (χ0v) is 15.3. The molecular weight excluding hydrogens is 344 g/mol. The molecule has 0 saturated carbocycles. The highest BCUT2D eigenvalue weighted by Gasteiger charge is 2.03. The van der Waals surface area contributed by atoms with Crippen LogP contribution in [0.1, 0.15) is 17.7 Å². The van der Waals surface area contributed by atoms with Gasteiger partial charge in [0.25, 0.3) is 0 Å². The quantitative estimate of drug-likeness (QED) is 0.304. The second-order valence-electron chi connectivity index (χ2n) is 5.87. The van der Waals surface area contributed by atoms with Crippen LogP contribution in [0.25, 0.3) is 11.4 Å². The van der Waals surface area contributed by atoms with Crippen LogP contribution in [0, 0.1) is 0 Å². The van der Waals surface area contributed by atoms with E-state index in [4.69, 9.17) is 9.15 Å². The van der Waals surface area contributed by atoms with Gasteiger partial charge in [0.15, 0.2) is 11.8 Å². The molecule has 0 atom stereocenters. The average Bonchev–Trinajstić information content (AvgIpc) is 3.41. The normalized spacial score (nSPS) is 11.5. The summed E-state index contributed by atoms with van der Waals surface area (Å²) in [5.74, 6) is 2.35. The third kappa shape index (κ3) is 5.96. The van der Waals surface area contributed by atoms with Crippen molar-refractivity contribution in [1.29, 1.82) is 0 Å². The van der Waals surface area contributed by atoms with E-state index in [1.54, 1.807) is 13.3 Å². The van der Waals surface area contributed by atoms with Crippen molar-refractivity contribution < 1.29 is 9.15 Å². The summed E-state index contributed by atoms with van der Waals surface area (Å²) in [4.78, 5) is 8.42. The van der Waals surface area contributed by atoms with Crippen molar-refractivity contribution in [2.24, 2.45) is 4.99 Å². The fourth-order valence-corrected chi connectivity index (χ4v) is 2.53. The Hall–Kier alpha value is -3.13. The molecule has 1 aromatic carbocycles. The molecule has 0 aliphatic carbocycles. The Morgan fingerprint density at radius 1 is 1.26 bits per heavy atom. The maximum absolute atomic E-state index is 5.56. The summed E-state index contributed by atoms with van der Waals surface area (Å²) in [6, 6.07) is 11.9. The molecule has 0 amide bonds. The van der Waals surface area contributed by atoms with Gasteiger partial charge in [0.1, 0.15) is 18.7 Å². The summed E-state index contributed by atoms with van der Waals surface area (Å²) in [6.45, 7) is 2.60. The minimum absolute atomic E-state index is 0.501. The Morgan fingerprint density at radius 3 is 3.00 bits per heavy atom. The lowest BCUT2D eigenvalue weighted by Crippen LogP contribution is -2.37. The Labute approximate surface area is 158 Å². The molecule has 142 valence electrons. The van der Waals surface area contributed by atoms with Crippen molar-refractivity contribution in [3.05, 3.63) is 60.3 Å². The molecule has 3 N–H and O–H groups in total. The topological polar surface area (TPSA) is 100 Å². The molecule has 8 nitrogen and oxygen atoms in total. The van der Waals surface area contributed by atoms with E-state index in [-0.39, 0.29) is 0 Å². The highest BCUT2D eigenvalue weighted by molar-refractivity contribution is 5.79. The van der Waals surface area contributed by atoms with E-state index < -0.39 is 0 Å². The number of aromatic nitrogens is 3. The van der Waals surface area contributed by atoms with Gasteiger partial charge < -0.3 is 19.8 Å². The molecule has 0 saturated heterocycles. The van der Waals surface area contributed by atoms with Crippen LogP contribution in [-0.4, -0.2) is 41.3 Å². The first-order valence-electron chi connectivity index (χ1n) is 8.84. The number of hydrogen-bond donors (Lipinski definition) is 3. The van der Waals surface area contributed by atoms with E-state index >= 15 is 0 Å². The number of hydrogen-bond acceptors (Lipinski definition) is 5. The molecule has 2 heterocycles. The maximum atomic E-state index is 5.56. The van der Waals surface area contributed by atoms with Crippen molar-refractivity contribution in [2.45, 2.75) is 19.6 Å². The number of nitrogens with zero attached hydrogens (tertiary/aromatic N) is 3. The van der Waals surface area contributed by atoms with Gasteiger partial charge in [-0.3, -0.25) is 10.1 Å². The summed E-state index contributed by atoms with van der Waals surface area (Å²) < 4.78 is 10.8. The number of guanidine groups is 1. The SMILES string of the molecule is CN=C(NCCCOCc1ccco1)NCc1cccc(-c2ncn[nH]2)c1. The lowest BCUT2D eigenvalue weighted by Gasteiger charge is -2.12. The Bertz CT molecular complexity index is 815. The summed E-state index contributed by atoms with van der Waals surface area (Å²) in [7, 11) is 1.76. The predicted molar refractivity (Wildman–Crippen MR) is 103 cm³/mol. The number of nitrogens with one attached hydrogen (secondary N) is 3. The van der Waals surface area contributed by atoms with Crippen LogP contribution in [0.2, 0.25) is 0 Å². The molecule has 27 heavy (non-hydrogen) atoms. The summed E-state index contributed by atoms with van der Waals surface area (Å²) in [6.07, 6.45) is 4.03. The van der Waals surface area contributed by atoms with Crippen LogP contribution in [0.5, 0.6) is 0 Å². The summed E-state index contributed by atoms with van der Waals surface area (Å²) in [5, 5.41) is 13.4. The first kappa shape index (κ1) is 18.7. The highest BCUT2D eigenvalue weighted by atomic mass is 16.5. The fourth-order valence-electron chi connectivity index (χ4n) is 2.53. The van der Waals surface area contributed by atoms with Gasteiger partial charge >= 0.3 is 0 Å². The number of aromatic amines is 1. The second-order valence-corrected chi connectivity index (χ2v) is 5.87. The van der Waals surface area contributed by atoms with Crippen LogP contribution < -0.4 is 10.6 Å². The molecule has 2 aromatic heterocycles. The van der Waals surface area contributed by atoms with Gasteiger partial charge in [-0.1, -0.05) is 18.2 Å². The van der Waals surface area contributed by atoms with Crippen LogP contribution in [0.4, 0.5) is 0 Å². The molecule has 0 aliphatic rings. The standard InChI is InChI=1S/C19H24N6O2/c1-20-19(21-8-4-9-26-13-17-7-3-10-27-17)22-12-15-5-2-6-16(11-15)18-23-14-24-25-18/h2-3,5-7,10-11,14H,4,8-9,12-13H2,1H3,(H2,20,21,22)(H,23,24,25). The van der Waals surface area contributed by atoms with Gasteiger partial charge in [-0.05, 0) is 30.2 Å². The van der Waals surface area contributed by atoms with Crippen molar-refractivity contribution in [3.63, 3.8) is 0 Å².